The third kappa shape index (κ3) is 6.13. The molecule has 2 N–H and O–H groups in total. The normalized spacial score (nSPS) is 16.0. The van der Waals surface area contributed by atoms with Gasteiger partial charge in [0.1, 0.15) is 0 Å². The Hall–Kier alpha value is -2.19. The fraction of sp³-hybridized carbons (Fsp3) is 0.562. The van der Waals surface area contributed by atoms with Crippen LogP contribution < -0.4 is 10.6 Å². The molecule has 1 aromatic rings. The lowest BCUT2D eigenvalue weighted by atomic mass is 10.2. The second kappa shape index (κ2) is 9.84. The minimum absolute atomic E-state index is 0.0956. The van der Waals surface area contributed by atoms with Crippen LogP contribution in [-0.2, 0) is 11.3 Å². The fourth-order valence-corrected chi connectivity index (χ4v) is 2.39. The van der Waals surface area contributed by atoms with Crippen LogP contribution in [0.15, 0.2) is 29.3 Å². The van der Waals surface area contributed by atoms with Gasteiger partial charge in [0.2, 0.25) is 0 Å². The molecule has 1 aromatic carbocycles. The van der Waals surface area contributed by atoms with Crippen LogP contribution in [-0.4, -0.2) is 61.7 Å². The summed E-state index contributed by atoms with van der Waals surface area (Å²) >= 11 is 0. The lowest BCUT2D eigenvalue weighted by Gasteiger charge is -2.26. The molecule has 0 saturated carbocycles. The first-order valence-electron chi connectivity index (χ1n) is 8.24. The standard InChI is InChI=1S/C16H25N5O3/c1-2-17-16(18-7-8-20-9-11-24-12-10-20)19-13-14-3-5-15(6-4-14)21(22)23/h3-6H,2,7-13H2,1H3,(H2,17,18,19). The number of ether oxygens (including phenoxy) is 1. The maximum atomic E-state index is 10.7. The van der Waals surface area contributed by atoms with Crippen LogP contribution in [0.3, 0.4) is 0 Å². The van der Waals surface area contributed by atoms with Gasteiger partial charge in [-0.3, -0.25) is 15.0 Å². The largest absolute Gasteiger partial charge is 0.379 e. The average molecular weight is 335 g/mol. The Morgan fingerprint density at radius 3 is 2.62 bits per heavy atom. The van der Waals surface area contributed by atoms with Crippen LogP contribution in [0.5, 0.6) is 0 Å². The number of nitro groups is 1. The van der Waals surface area contributed by atoms with Crippen molar-refractivity contribution in [2.24, 2.45) is 4.99 Å². The van der Waals surface area contributed by atoms with Crippen LogP contribution in [0.1, 0.15) is 12.5 Å². The van der Waals surface area contributed by atoms with Crippen molar-refractivity contribution in [3.63, 3.8) is 0 Å². The van der Waals surface area contributed by atoms with Crippen LogP contribution in [0, 0.1) is 10.1 Å². The quantitative estimate of drug-likeness (QED) is 0.334. The first kappa shape index (κ1) is 18.2. The Balaban J connectivity index is 1.81. The molecule has 8 nitrogen and oxygen atoms in total. The molecule has 8 heteroatoms. The van der Waals surface area contributed by atoms with Gasteiger partial charge in [-0.25, -0.2) is 4.99 Å². The van der Waals surface area contributed by atoms with E-state index in [1.54, 1.807) is 12.1 Å². The number of morpholine rings is 1. The molecule has 132 valence electrons. The van der Waals surface area contributed by atoms with Crippen molar-refractivity contribution in [2.45, 2.75) is 13.5 Å². The molecule has 0 bridgehead atoms. The molecule has 0 unspecified atom stereocenters. The molecule has 1 fully saturated rings. The van der Waals surface area contributed by atoms with Crippen LogP contribution >= 0.6 is 0 Å². The number of nitro benzene ring substituents is 1. The summed E-state index contributed by atoms with van der Waals surface area (Å²) in [5.74, 6) is 0.754. The summed E-state index contributed by atoms with van der Waals surface area (Å²) in [6.07, 6.45) is 0. The van der Waals surface area contributed by atoms with Gasteiger partial charge in [-0.05, 0) is 12.5 Å². The Morgan fingerprint density at radius 1 is 1.29 bits per heavy atom. The Labute approximate surface area is 142 Å². The minimum Gasteiger partial charge on any atom is -0.379 e. The summed E-state index contributed by atoms with van der Waals surface area (Å²) < 4.78 is 5.34. The van der Waals surface area contributed by atoms with Crippen molar-refractivity contribution in [2.75, 3.05) is 45.9 Å². The molecule has 0 aromatic heterocycles. The summed E-state index contributed by atoms with van der Waals surface area (Å²) in [5, 5.41) is 17.2. The Morgan fingerprint density at radius 2 is 2.00 bits per heavy atom. The minimum atomic E-state index is -0.399. The van der Waals surface area contributed by atoms with E-state index >= 15 is 0 Å². The number of guanidine groups is 1. The van der Waals surface area contributed by atoms with E-state index in [4.69, 9.17) is 4.74 Å². The lowest BCUT2D eigenvalue weighted by molar-refractivity contribution is -0.384. The number of nitrogens with one attached hydrogen (secondary N) is 2. The van der Waals surface area contributed by atoms with E-state index in [0.717, 1.165) is 57.5 Å². The maximum absolute atomic E-state index is 10.7. The molecule has 0 atom stereocenters. The predicted octanol–water partition coefficient (Wildman–Crippen LogP) is 0.982. The first-order valence-corrected chi connectivity index (χ1v) is 8.24. The number of rotatable bonds is 7. The Kier molecular flexibility index (Phi) is 7.44. The Bertz CT molecular complexity index is 541. The number of hydrogen-bond donors (Lipinski definition) is 2. The number of benzene rings is 1. The highest BCUT2D eigenvalue weighted by molar-refractivity contribution is 5.79. The van der Waals surface area contributed by atoms with Crippen molar-refractivity contribution in [1.29, 1.82) is 0 Å². The van der Waals surface area contributed by atoms with Gasteiger partial charge >= 0.3 is 0 Å². The van der Waals surface area contributed by atoms with E-state index in [1.165, 1.54) is 12.1 Å². The third-order valence-corrected chi connectivity index (χ3v) is 3.74. The molecule has 1 aliphatic rings. The van der Waals surface area contributed by atoms with Crippen LogP contribution in [0.2, 0.25) is 0 Å². The highest BCUT2D eigenvalue weighted by atomic mass is 16.6. The van der Waals surface area contributed by atoms with Gasteiger partial charge in [0, 0.05) is 44.9 Å². The van der Waals surface area contributed by atoms with Crippen molar-refractivity contribution < 1.29 is 9.66 Å². The van der Waals surface area contributed by atoms with Gasteiger partial charge in [0.05, 0.1) is 24.7 Å². The van der Waals surface area contributed by atoms with Crippen molar-refractivity contribution in [1.82, 2.24) is 15.5 Å². The molecule has 24 heavy (non-hydrogen) atoms. The van der Waals surface area contributed by atoms with E-state index in [-0.39, 0.29) is 5.69 Å². The maximum Gasteiger partial charge on any atom is 0.269 e. The zero-order chi connectivity index (χ0) is 17.2. The van der Waals surface area contributed by atoms with Gasteiger partial charge in [0.15, 0.2) is 5.96 Å². The molecule has 0 radical (unpaired) electrons. The highest BCUT2D eigenvalue weighted by Gasteiger charge is 2.09. The molecule has 0 aliphatic carbocycles. The number of non-ortho nitro benzene ring substituents is 1. The number of nitrogens with zero attached hydrogens (tertiary/aromatic N) is 3. The van der Waals surface area contributed by atoms with Crippen molar-refractivity contribution in [3.05, 3.63) is 39.9 Å². The van der Waals surface area contributed by atoms with Gasteiger partial charge in [-0.15, -0.1) is 0 Å². The lowest BCUT2D eigenvalue weighted by Crippen LogP contribution is -2.44. The summed E-state index contributed by atoms with van der Waals surface area (Å²) in [7, 11) is 0. The molecule has 1 aliphatic heterocycles. The molecule has 1 heterocycles. The number of aliphatic imine (C=N–C) groups is 1. The molecule has 2 rings (SSSR count). The van der Waals surface area contributed by atoms with E-state index in [1.807, 2.05) is 6.92 Å². The fourth-order valence-electron chi connectivity index (χ4n) is 2.39. The smallest absolute Gasteiger partial charge is 0.269 e. The molecular formula is C16H25N5O3. The van der Waals surface area contributed by atoms with Gasteiger partial charge in [0.25, 0.3) is 5.69 Å². The molecule has 0 amide bonds. The first-order chi connectivity index (χ1) is 11.7. The highest BCUT2D eigenvalue weighted by Crippen LogP contribution is 2.12. The zero-order valence-corrected chi connectivity index (χ0v) is 14.0. The summed E-state index contributed by atoms with van der Waals surface area (Å²) in [6, 6.07) is 6.48. The van der Waals surface area contributed by atoms with Crippen LogP contribution in [0.25, 0.3) is 0 Å². The monoisotopic (exact) mass is 335 g/mol. The molecule has 0 spiro atoms. The third-order valence-electron chi connectivity index (χ3n) is 3.74. The summed E-state index contributed by atoms with van der Waals surface area (Å²) in [5.41, 5.74) is 1.03. The van der Waals surface area contributed by atoms with E-state index in [9.17, 15) is 10.1 Å². The average Bonchev–Trinajstić information content (AvgIpc) is 2.61. The van der Waals surface area contributed by atoms with Crippen molar-refractivity contribution in [3.8, 4) is 0 Å². The molecular weight excluding hydrogens is 310 g/mol. The predicted molar refractivity (Wildman–Crippen MR) is 93.2 cm³/mol. The summed E-state index contributed by atoms with van der Waals surface area (Å²) in [4.78, 5) is 17.1. The zero-order valence-electron chi connectivity index (χ0n) is 14.0. The van der Waals surface area contributed by atoms with E-state index in [2.05, 4.69) is 20.5 Å². The molecule has 1 saturated heterocycles. The van der Waals surface area contributed by atoms with Crippen LogP contribution in [0.4, 0.5) is 5.69 Å². The summed E-state index contributed by atoms with van der Waals surface area (Å²) in [6.45, 7) is 8.58. The van der Waals surface area contributed by atoms with E-state index in [0.29, 0.717) is 6.54 Å². The topological polar surface area (TPSA) is 92.0 Å². The number of hydrogen-bond acceptors (Lipinski definition) is 5. The van der Waals surface area contributed by atoms with E-state index < -0.39 is 4.92 Å². The van der Waals surface area contributed by atoms with Gasteiger partial charge in [-0.2, -0.15) is 0 Å². The van der Waals surface area contributed by atoms with Gasteiger partial charge in [-0.1, -0.05) is 12.1 Å². The van der Waals surface area contributed by atoms with Gasteiger partial charge < -0.3 is 15.4 Å². The second-order valence-electron chi connectivity index (χ2n) is 5.50. The second-order valence-corrected chi connectivity index (χ2v) is 5.50. The van der Waals surface area contributed by atoms with Crippen molar-refractivity contribution >= 4 is 11.6 Å². The SMILES string of the molecule is CCNC(=NCc1ccc([N+](=O)[O-])cc1)NCCN1CCOCC1.